The van der Waals surface area contributed by atoms with E-state index < -0.39 is 81.6 Å². The van der Waals surface area contributed by atoms with Crippen molar-refractivity contribution in [3.63, 3.8) is 0 Å². The van der Waals surface area contributed by atoms with E-state index in [1.54, 1.807) is 28.9 Å². The fraction of sp³-hybridized carbons (Fsp3) is 0.364. The molecular formula is C22H23F13IN4O6S2+. The second kappa shape index (κ2) is 21.1. The predicted octanol–water partition coefficient (Wildman–Crippen LogP) is 1.73. The van der Waals surface area contributed by atoms with Gasteiger partial charge in [0.05, 0.1) is 7.05 Å². The van der Waals surface area contributed by atoms with Gasteiger partial charge in [0.1, 0.15) is 18.2 Å². The molecule has 2 aromatic rings. The molecule has 10 nitrogen and oxygen atoms in total. The molecule has 0 spiro atoms. The summed E-state index contributed by atoms with van der Waals surface area (Å²) in [6.07, 6.45) is 2.29. The number of hydrogen-bond acceptors (Lipinski definition) is 8. The summed E-state index contributed by atoms with van der Waals surface area (Å²) in [7, 11) is -8.63. The average Bonchev–Trinajstić information content (AvgIpc) is 3.53. The van der Waals surface area contributed by atoms with Crippen molar-refractivity contribution in [2.24, 2.45) is 12.0 Å². The van der Waals surface area contributed by atoms with E-state index in [2.05, 4.69) is 24.5 Å². The standard InChI is InChI=1S/C8H6F4I.C6H8F3N2.C4H5N2.C2H4.2CHF3O3S/c9-6-1-3-7(4-2-6)13-5-8(10,11)12;1-10-2-3-11(5-10)4-6(7,8)9;1-6-3-2-5-4-6;1-2;2*2-1(3,4)8(5,6)7/h1-4H,5H2;2-3,5H,4H2,1H3;2-3H,1H3;1-2H2;2*(H,5,6,7)/q3*+1;;;/p-2. The Morgan fingerprint density at radius 2 is 1.27 bits per heavy atom. The summed E-state index contributed by atoms with van der Waals surface area (Å²) in [6.45, 7) is 5.08. The third kappa shape index (κ3) is 28.0. The van der Waals surface area contributed by atoms with Crippen LogP contribution < -0.4 is 25.8 Å². The number of aromatic nitrogens is 2. The molecule has 0 saturated heterocycles. The van der Waals surface area contributed by atoms with Crippen molar-refractivity contribution in [1.29, 1.82) is 0 Å². The number of aryl methyl sites for hydroxylation is 1. The number of hydrogen-bond donors (Lipinski definition) is 0. The van der Waals surface area contributed by atoms with E-state index in [-0.39, 0.29) is 0 Å². The van der Waals surface area contributed by atoms with Crippen LogP contribution in [-0.4, -0.2) is 76.6 Å². The first-order valence-electron chi connectivity index (χ1n) is 11.2. The van der Waals surface area contributed by atoms with Gasteiger partial charge in [-0.3, -0.25) is 0 Å². The van der Waals surface area contributed by atoms with Crippen molar-refractivity contribution >= 4 is 26.6 Å². The zero-order valence-electron chi connectivity index (χ0n) is 23.9. The summed E-state index contributed by atoms with van der Waals surface area (Å²) in [5.74, 6) is -0.417. The molecule has 48 heavy (non-hydrogen) atoms. The lowest BCUT2D eigenvalue weighted by atomic mass is 10.4. The Kier molecular flexibility index (Phi) is 21.7. The minimum atomic E-state index is -6.09. The van der Waals surface area contributed by atoms with Crippen LogP contribution >= 0.6 is 0 Å². The minimum Gasteiger partial charge on any atom is -0.741 e. The number of rotatable bonds is 3. The SMILES string of the molecule is C=C.CN1[C+]=NC=C1.C[n+]1ccn(CC(F)(F)F)c1.Fc1ccc([I+]CC(F)(F)F)cc1.O=S(=O)([O-])C(F)(F)F.O=S(=O)([O-])C(F)(F)F. The summed E-state index contributed by atoms with van der Waals surface area (Å²) in [5, 5.41) is 0. The molecule has 1 aromatic heterocycles. The molecular weight excluding hydrogens is 854 g/mol. The maximum absolute atomic E-state index is 12.4. The summed E-state index contributed by atoms with van der Waals surface area (Å²) < 4.78 is 203. The minimum absolute atomic E-state index is 0.417. The van der Waals surface area contributed by atoms with Gasteiger partial charge in [-0.05, 0) is 29.3 Å². The molecule has 1 aliphatic rings. The van der Waals surface area contributed by atoms with Gasteiger partial charge in [0, 0.05) is 7.05 Å². The van der Waals surface area contributed by atoms with Crippen LogP contribution in [0.4, 0.5) is 57.1 Å². The van der Waals surface area contributed by atoms with Gasteiger partial charge in [-0.15, -0.1) is 13.2 Å². The normalized spacial score (nSPS) is 12.6. The highest BCUT2D eigenvalue weighted by atomic mass is 127. The molecule has 0 unspecified atom stereocenters. The van der Waals surface area contributed by atoms with Gasteiger partial charge in [-0.1, -0.05) is 0 Å². The average molecular weight is 877 g/mol. The molecule has 0 amide bonds. The molecule has 26 heteroatoms. The van der Waals surface area contributed by atoms with Crippen LogP contribution in [0.3, 0.4) is 0 Å². The van der Waals surface area contributed by atoms with Gasteiger partial charge in [0.25, 0.3) is 6.34 Å². The van der Waals surface area contributed by atoms with E-state index in [1.165, 1.54) is 36.8 Å². The first-order chi connectivity index (χ1) is 21.3. The van der Waals surface area contributed by atoms with Crippen molar-refractivity contribution in [3.05, 3.63) is 77.9 Å². The van der Waals surface area contributed by atoms with Crippen LogP contribution in [0.15, 0.2) is 73.5 Å². The largest absolute Gasteiger partial charge is 0.741 e. The highest BCUT2D eigenvalue weighted by molar-refractivity contribution is 7.86. The fourth-order valence-corrected chi connectivity index (χ4v) is 3.51. The molecule has 0 aliphatic carbocycles. The molecule has 0 atom stereocenters. The van der Waals surface area contributed by atoms with Gasteiger partial charge >= 0.3 is 44.6 Å². The van der Waals surface area contributed by atoms with Crippen molar-refractivity contribution in [2.75, 3.05) is 11.5 Å². The number of benzene rings is 1. The summed E-state index contributed by atoms with van der Waals surface area (Å²) in [4.78, 5) is 5.42. The lowest BCUT2D eigenvalue weighted by Crippen LogP contribution is -3.63. The number of alkyl halides is 13. The Morgan fingerprint density at radius 1 is 0.854 bits per heavy atom. The monoisotopic (exact) mass is 877 g/mol. The van der Waals surface area contributed by atoms with E-state index in [4.69, 9.17) is 25.9 Å². The van der Waals surface area contributed by atoms with Crippen LogP contribution in [0.25, 0.3) is 0 Å². The first kappa shape index (κ1) is 49.3. The quantitative estimate of drug-likeness (QED) is 0.0670. The lowest BCUT2D eigenvalue weighted by Gasteiger charge is -2.08. The Labute approximate surface area is 275 Å². The van der Waals surface area contributed by atoms with Crippen molar-refractivity contribution < 1.29 is 109 Å². The van der Waals surface area contributed by atoms with Gasteiger partial charge < -0.3 is 9.11 Å². The van der Waals surface area contributed by atoms with Gasteiger partial charge in [0.2, 0.25) is 17.0 Å². The van der Waals surface area contributed by atoms with Crippen LogP contribution in [0.1, 0.15) is 0 Å². The van der Waals surface area contributed by atoms with Crippen molar-refractivity contribution in [3.8, 4) is 0 Å². The highest BCUT2D eigenvalue weighted by Crippen LogP contribution is 2.21. The number of imidazole rings is 1. The molecule has 0 N–H and O–H groups in total. The van der Waals surface area contributed by atoms with Crippen LogP contribution in [0, 0.1) is 9.39 Å². The van der Waals surface area contributed by atoms with Crippen molar-refractivity contribution in [1.82, 2.24) is 9.47 Å². The second-order valence-electron chi connectivity index (χ2n) is 7.62. The Hall–Kier alpha value is -3.07. The van der Waals surface area contributed by atoms with E-state index in [0.29, 0.717) is 3.57 Å². The molecule has 0 bridgehead atoms. The van der Waals surface area contributed by atoms with Gasteiger partial charge in [-0.2, -0.15) is 57.6 Å². The molecule has 1 aliphatic heterocycles. The fourth-order valence-electron chi connectivity index (χ4n) is 1.76. The van der Waals surface area contributed by atoms with E-state index in [1.807, 2.05) is 13.2 Å². The third-order valence-electron chi connectivity index (χ3n) is 3.51. The summed E-state index contributed by atoms with van der Waals surface area (Å²) >= 11 is -1.07. The molecule has 2 heterocycles. The second-order valence-corrected chi connectivity index (χ2v) is 13.1. The maximum Gasteiger partial charge on any atom is 0.485 e. The summed E-state index contributed by atoms with van der Waals surface area (Å²) in [6, 6.07) is 5.19. The zero-order chi connectivity index (χ0) is 38.8. The van der Waals surface area contributed by atoms with Crippen LogP contribution in [0.5, 0.6) is 0 Å². The number of nitrogens with zero attached hydrogens (tertiary/aromatic N) is 4. The number of halogens is 14. The number of aliphatic imine (C=N–C) groups is 1. The third-order valence-corrected chi connectivity index (χ3v) is 7.49. The van der Waals surface area contributed by atoms with Gasteiger partial charge in [-0.25, -0.2) is 30.4 Å². The molecule has 3 rings (SSSR count). The Balaban J connectivity index is -0.000000532. The summed E-state index contributed by atoms with van der Waals surface area (Å²) in [5.41, 5.74) is -11.3. The molecule has 276 valence electrons. The molecule has 0 radical (unpaired) electrons. The zero-order valence-corrected chi connectivity index (χ0v) is 27.7. The Morgan fingerprint density at radius 3 is 1.50 bits per heavy atom. The molecule has 1 aromatic carbocycles. The van der Waals surface area contributed by atoms with E-state index in [9.17, 15) is 57.1 Å². The van der Waals surface area contributed by atoms with Crippen LogP contribution in [0.2, 0.25) is 0 Å². The lowest BCUT2D eigenvalue weighted by molar-refractivity contribution is -0.671. The van der Waals surface area contributed by atoms with Crippen molar-refractivity contribution in [2.45, 2.75) is 29.9 Å². The van der Waals surface area contributed by atoms with E-state index in [0.717, 1.165) is 4.57 Å². The molecule has 0 saturated carbocycles. The van der Waals surface area contributed by atoms with Crippen LogP contribution in [-0.2, 0) is 33.8 Å². The topological polar surface area (TPSA) is 139 Å². The highest BCUT2D eigenvalue weighted by Gasteiger charge is 2.38. The Bertz CT molecular complexity index is 1420. The maximum atomic E-state index is 12.4. The predicted molar refractivity (Wildman–Crippen MR) is 135 cm³/mol. The first-order valence-corrected chi connectivity index (χ1v) is 16.6. The van der Waals surface area contributed by atoms with Gasteiger partial charge in [0.15, 0.2) is 36.6 Å². The molecule has 0 fully saturated rings. The smallest absolute Gasteiger partial charge is 0.485 e. The van der Waals surface area contributed by atoms with E-state index >= 15 is 0 Å².